The number of hydrogen-bond acceptors (Lipinski definition) is 3. The molecule has 20 heavy (non-hydrogen) atoms. The minimum absolute atomic E-state index is 0.103. The number of likely N-dealkylation sites (tertiary alicyclic amines) is 1. The topological polar surface area (TPSA) is 24.5 Å². The summed E-state index contributed by atoms with van der Waals surface area (Å²) >= 11 is 0. The van der Waals surface area contributed by atoms with Crippen LogP contribution in [-0.2, 0) is 0 Å². The van der Waals surface area contributed by atoms with E-state index in [4.69, 9.17) is 0 Å². The summed E-state index contributed by atoms with van der Waals surface area (Å²) < 4.78 is 40.1. The van der Waals surface area contributed by atoms with Gasteiger partial charge in [0, 0.05) is 18.6 Å². The molecule has 2 unspecified atom stereocenters. The van der Waals surface area contributed by atoms with Gasteiger partial charge in [-0.25, -0.2) is 0 Å². The second-order valence-electron chi connectivity index (χ2n) is 5.25. The summed E-state index contributed by atoms with van der Waals surface area (Å²) in [5, 5.41) is 3.49. The number of halogens is 3. The quantitative estimate of drug-likeness (QED) is 0.922. The summed E-state index contributed by atoms with van der Waals surface area (Å²) in [6, 6.07) is 6.56. The van der Waals surface area contributed by atoms with E-state index in [2.05, 4.69) is 22.0 Å². The second-order valence-corrected chi connectivity index (χ2v) is 5.25. The lowest BCUT2D eigenvalue weighted by atomic mass is 10.1. The van der Waals surface area contributed by atoms with Gasteiger partial charge in [-0.05, 0) is 44.6 Å². The van der Waals surface area contributed by atoms with Gasteiger partial charge in [0.2, 0.25) is 0 Å². The lowest BCUT2D eigenvalue weighted by molar-refractivity contribution is -0.274. The second kappa shape index (κ2) is 6.01. The Morgan fingerprint density at radius 3 is 2.45 bits per heavy atom. The normalized spacial score (nSPS) is 21.9. The third-order valence-corrected chi connectivity index (χ3v) is 3.49. The van der Waals surface area contributed by atoms with Gasteiger partial charge < -0.3 is 15.0 Å². The predicted octanol–water partition coefficient (Wildman–Crippen LogP) is 2.94. The fraction of sp³-hybridized carbons (Fsp3) is 0.571. The molecule has 0 bridgehead atoms. The number of hydrogen-bond donors (Lipinski definition) is 1. The summed E-state index contributed by atoms with van der Waals surface area (Å²) in [6.45, 7) is 4.08. The number of alkyl halides is 3. The van der Waals surface area contributed by atoms with Crippen LogP contribution in [0.15, 0.2) is 24.3 Å². The monoisotopic (exact) mass is 288 g/mol. The molecule has 0 aromatic heterocycles. The smallest absolute Gasteiger partial charge is 0.406 e. The Hall–Kier alpha value is -1.27. The molecule has 2 atom stereocenters. The average molecular weight is 288 g/mol. The van der Waals surface area contributed by atoms with Crippen molar-refractivity contribution >= 4 is 0 Å². The number of nitrogens with one attached hydrogen (secondary N) is 1. The first-order valence-corrected chi connectivity index (χ1v) is 6.64. The Bertz CT molecular complexity index is 433. The van der Waals surface area contributed by atoms with Gasteiger partial charge in [-0.3, -0.25) is 0 Å². The van der Waals surface area contributed by atoms with E-state index in [1.807, 2.05) is 6.92 Å². The molecule has 1 aromatic rings. The van der Waals surface area contributed by atoms with E-state index >= 15 is 0 Å². The Kier molecular flexibility index (Phi) is 4.55. The molecule has 1 aromatic carbocycles. The molecular formula is C14H19F3N2O. The number of nitrogens with zero attached hydrogens (tertiary/aromatic N) is 1. The number of likely N-dealkylation sites (N-methyl/N-ethyl adjacent to an activating group) is 1. The van der Waals surface area contributed by atoms with Crippen molar-refractivity contribution in [1.29, 1.82) is 0 Å². The highest BCUT2D eigenvalue weighted by Gasteiger charge is 2.31. The molecule has 1 aliphatic heterocycles. The summed E-state index contributed by atoms with van der Waals surface area (Å²) in [4.78, 5) is 2.25. The maximum Gasteiger partial charge on any atom is 0.573 e. The van der Waals surface area contributed by atoms with E-state index in [1.54, 1.807) is 12.1 Å². The van der Waals surface area contributed by atoms with Crippen LogP contribution >= 0.6 is 0 Å². The van der Waals surface area contributed by atoms with Gasteiger partial charge in [0.1, 0.15) is 5.75 Å². The molecule has 1 heterocycles. The fourth-order valence-electron chi connectivity index (χ4n) is 2.48. The van der Waals surface area contributed by atoms with E-state index in [0.717, 1.165) is 25.1 Å². The maximum absolute atomic E-state index is 12.1. The van der Waals surface area contributed by atoms with Crippen molar-refractivity contribution < 1.29 is 17.9 Å². The Labute approximate surface area is 116 Å². The first-order valence-electron chi connectivity index (χ1n) is 6.64. The third-order valence-electron chi connectivity index (χ3n) is 3.49. The Balaban J connectivity index is 1.92. The molecule has 0 radical (unpaired) electrons. The predicted molar refractivity (Wildman–Crippen MR) is 70.6 cm³/mol. The van der Waals surface area contributed by atoms with Gasteiger partial charge in [0.25, 0.3) is 0 Å². The van der Waals surface area contributed by atoms with E-state index in [1.165, 1.54) is 12.1 Å². The maximum atomic E-state index is 12.1. The van der Waals surface area contributed by atoms with Crippen LogP contribution in [0.3, 0.4) is 0 Å². The largest absolute Gasteiger partial charge is 0.573 e. The molecule has 1 N–H and O–H groups in total. The van der Waals surface area contributed by atoms with E-state index in [0.29, 0.717) is 6.04 Å². The zero-order valence-electron chi connectivity index (χ0n) is 11.6. The molecule has 6 heteroatoms. The molecule has 1 saturated heterocycles. The SMILES string of the molecule is CC(NC1CCN(C)C1)c1ccc(OC(F)(F)F)cc1. The minimum atomic E-state index is -4.64. The van der Waals surface area contributed by atoms with E-state index in [-0.39, 0.29) is 11.8 Å². The van der Waals surface area contributed by atoms with Gasteiger partial charge in [-0.15, -0.1) is 13.2 Å². The lowest BCUT2D eigenvalue weighted by Crippen LogP contribution is -2.33. The van der Waals surface area contributed by atoms with Crippen LogP contribution in [0.2, 0.25) is 0 Å². The van der Waals surface area contributed by atoms with Gasteiger partial charge in [-0.2, -0.15) is 0 Å². The molecule has 1 aliphatic rings. The van der Waals surface area contributed by atoms with Crippen molar-refractivity contribution in [3.8, 4) is 5.75 Å². The van der Waals surface area contributed by atoms with Crippen LogP contribution < -0.4 is 10.1 Å². The summed E-state index contributed by atoms with van der Waals surface area (Å²) in [6.07, 6.45) is -3.55. The van der Waals surface area contributed by atoms with Crippen LogP contribution in [-0.4, -0.2) is 37.4 Å². The summed E-state index contributed by atoms with van der Waals surface area (Å²) in [7, 11) is 2.08. The average Bonchev–Trinajstić information content (AvgIpc) is 2.73. The summed E-state index contributed by atoms with van der Waals surface area (Å²) in [5.74, 6) is -0.186. The van der Waals surface area contributed by atoms with E-state index < -0.39 is 6.36 Å². The molecule has 2 rings (SSSR count). The van der Waals surface area contributed by atoms with Gasteiger partial charge in [0.05, 0.1) is 0 Å². The van der Waals surface area contributed by atoms with Crippen molar-refractivity contribution in [1.82, 2.24) is 10.2 Å². The molecular weight excluding hydrogens is 269 g/mol. The van der Waals surface area contributed by atoms with Crippen LogP contribution in [0.1, 0.15) is 24.9 Å². The van der Waals surface area contributed by atoms with Gasteiger partial charge in [-0.1, -0.05) is 12.1 Å². The molecule has 0 saturated carbocycles. The molecule has 0 spiro atoms. The van der Waals surface area contributed by atoms with Crippen molar-refractivity contribution in [2.75, 3.05) is 20.1 Å². The highest BCUT2D eigenvalue weighted by Crippen LogP contribution is 2.24. The summed E-state index contributed by atoms with van der Waals surface area (Å²) in [5.41, 5.74) is 0.953. The highest BCUT2D eigenvalue weighted by atomic mass is 19.4. The molecule has 3 nitrogen and oxygen atoms in total. The van der Waals surface area contributed by atoms with E-state index in [9.17, 15) is 13.2 Å². The van der Waals surface area contributed by atoms with Crippen LogP contribution in [0, 0.1) is 0 Å². The molecule has 0 amide bonds. The molecule has 112 valence electrons. The zero-order valence-corrected chi connectivity index (χ0v) is 11.6. The fourth-order valence-corrected chi connectivity index (χ4v) is 2.48. The molecule has 1 fully saturated rings. The number of ether oxygens (including phenoxy) is 1. The van der Waals surface area contributed by atoms with Gasteiger partial charge >= 0.3 is 6.36 Å². The number of benzene rings is 1. The third kappa shape index (κ3) is 4.38. The van der Waals surface area contributed by atoms with Crippen molar-refractivity contribution in [2.24, 2.45) is 0 Å². The highest BCUT2D eigenvalue weighted by molar-refractivity contribution is 5.29. The van der Waals surface area contributed by atoms with Crippen molar-refractivity contribution in [2.45, 2.75) is 31.8 Å². The van der Waals surface area contributed by atoms with Crippen molar-refractivity contribution in [3.05, 3.63) is 29.8 Å². The lowest BCUT2D eigenvalue weighted by Gasteiger charge is -2.20. The Morgan fingerprint density at radius 2 is 1.95 bits per heavy atom. The molecule has 0 aliphatic carbocycles. The van der Waals surface area contributed by atoms with Crippen LogP contribution in [0.4, 0.5) is 13.2 Å². The van der Waals surface area contributed by atoms with Crippen LogP contribution in [0.25, 0.3) is 0 Å². The zero-order chi connectivity index (χ0) is 14.8. The first-order chi connectivity index (χ1) is 9.33. The van der Waals surface area contributed by atoms with Gasteiger partial charge in [0.15, 0.2) is 0 Å². The first kappa shape index (κ1) is 15.1. The van der Waals surface area contributed by atoms with Crippen molar-refractivity contribution in [3.63, 3.8) is 0 Å². The standard InChI is InChI=1S/C14H19F3N2O/c1-10(18-12-7-8-19(2)9-12)11-3-5-13(6-4-11)20-14(15,16)17/h3-6,10,12,18H,7-9H2,1-2H3. The Morgan fingerprint density at radius 1 is 1.30 bits per heavy atom. The number of rotatable bonds is 4. The minimum Gasteiger partial charge on any atom is -0.406 e. The van der Waals surface area contributed by atoms with Crippen LogP contribution in [0.5, 0.6) is 5.75 Å².